The Balaban J connectivity index is 1.54. The molecule has 0 N–H and O–H groups in total. The predicted octanol–water partition coefficient (Wildman–Crippen LogP) is 3.49. The second-order valence-corrected chi connectivity index (χ2v) is 7.46. The quantitative estimate of drug-likeness (QED) is 0.720. The Kier molecular flexibility index (Phi) is 5.39. The Morgan fingerprint density at radius 3 is 2.03 bits per heavy atom. The van der Waals surface area contributed by atoms with Gasteiger partial charge in [0.05, 0.1) is 11.3 Å². The Morgan fingerprint density at radius 1 is 0.862 bits per heavy atom. The highest BCUT2D eigenvalue weighted by Crippen LogP contribution is 2.35. The lowest BCUT2D eigenvalue weighted by atomic mass is 10.1. The zero-order valence-corrected chi connectivity index (χ0v) is 16.8. The molecule has 0 spiro atoms. The summed E-state index contributed by atoms with van der Waals surface area (Å²) in [5.41, 5.74) is 2.03. The number of nitrogens with zero attached hydrogens (tertiary/aromatic N) is 3. The summed E-state index contributed by atoms with van der Waals surface area (Å²) in [4.78, 5) is 31.3. The van der Waals surface area contributed by atoms with Crippen molar-refractivity contribution in [2.45, 2.75) is 6.92 Å². The second-order valence-electron chi connectivity index (χ2n) is 7.08. The van der Waals surface area contributed by atoms with Crippen LogP contribution in [0.25, 0.3) is 5.57 Å². The third kappa shape index (κ3) is 3.66. The molecule has 2 aromatic rings. The van der Waals surface area contributed by atoms with Gasteiger partial charge < -0.3 is 9.80 Å². The minimum atomic E-state index is -0.569. The van der Waals surface area contributed by atoms with Gasteiger partial charge in [-0.3, -0.25) is 9.59 Å². The van der Waals surface area contributed by atoms with Crippen molar-refractivity contribution in [2.75, 3.05) is 42.5 Å². The summed E-state index contributed by atoms with van der Waals surface area (Å²) in [6, 6.07) is 12.7. The SMILES string of the molecule is CCN1CCN(c2ccc(N3C(=O)C(Cl)=C(c4ccc(F)cc4)C3=O)cc2)CC1. The summed E-state index contributed by atoms with van der Waals surface area (Å²) in [6.45, 7) is 7.13. The Bertz CT molecular complexity index is 965. The molecule has 0 atom stereocenters. The number of amides is 2. The maximum absolute atomic E-state index is 13.2. The number of piperazine rings is 1. The molecule has 1 fully saturated rings. The molecule has 0 aromatic heterocycles. The molecule has 0 saturated carbocycles. The Hall–Kier alpha value is -2.70. The number of carbonyl (C=O) groups excluding carboxylic acids is 2. The van der Waals surface area contributed by atoms with Crippen LogP contribution in [0.15, 0.2) is 53.6 Å². The molecule has 150 valence electrons. The Labute approximate surface area is 174 Å². The standard InChI is InChI=1S/C22H21ClFN3O2/c1-2-25-11-13-26(14-12-25)17-7-9-18(10-8-17)27-21(28)19(20(23)22(27)29)15-3-5-16(24)6-4-15/h3-10H,2,11-14H2,1H3. The molecule has 0 unspecified atom stereocenters. The molecule has 2 aromatic carbocycles. The van der Waals surface area contributed by atoms with Crippen molar-refractivity contribution in [1.82, 2.24) is 4.90 Å². The fourth-order valence-corrected chi connectivity index (χ4v) is 4.01. The lowest BCUT2D eigenvalue weighted by Gasteiger charge is -2.35. The van der Waals surface area contributed by atoms with E-state index in [9.17, 15) is 14.0 Å². The first kappa shape index (κ1) is 19.6. The van der Waals surface area contributed by atoms with E-state index in [1.807, 2.05) is 12.1 Å². The smallest absolute Gasteiger partial charge is 0.277 e. The average Bonchev–Trinajstić information content (AvgIpc) is 2.97. The second kappa shape index (κ2) is 7.97. The number of rotatable bonds is 4. The monoisotopic (exact) mass is 413 g/mol. The van der Waals surface area contributed by atoms with Crippen molar-refractivity contribution >= 4 is 40.4 Å². The van der Waals surface area contributed by atoms with Gasteiger partial charge in [-0.15, -0.1) is 0 Å². The number of hydrogen-bond acceptors (Lipinski definition) is 4. The van der Waals surface area contributed by atoms with Crippen molar-refractivity contribution in [3.8, 4) is 0 Å². The number of halogens is 2. The Morgan fingerprint density at radius 2 is 1.45 bits per heavy atom. The van der Waals surface area contributed by atoms with Gasteiger partial charge in [0.1, 0.15) is 10.8 Å². The van der Waals surface area contributed by atoms with Crippen molar-refractivity contribution in [1.29, 1.82) is 0 Å². The van der Waals surface area contributed by atoms with Gasteiger partial charge in [-0.2, -0.15) is 0 Å². The number of anilines is 2. The molecule has 0 bridgehead atoms. The topological polar surface area (TPSA) is 43.9 Å². The molecule has 2 amide bonds. The first-order valence-corrected chi connectivity index (χ1v) is 9.99. The molecule has 0 aliphatic carbocycles. The van der Waals surface area contributed by atoms with Crippen molar-refractivity contribution < 1.29 is 14.0 Å². The fraction of sp³-hybridized carbons (Fsp3) is 0.273. The zero-order chi connectivity index (χ0) is 20.5. The summed E-state index contributed by atoms with van der Waals surface area (Å²) < 4.78 is 13.2. The van der Waals surface area contributed by atoms with Gasteiger partial charge in [0, 0.05) is 31.9 Å². The fourth-order valence-electron chi connectivity index (χ4n) is 3.74. The van der Waals surface area contributed by atoms with Crippen LogP contribution >= 0.6 is 11.6 Å². The van der Waals surface area contributed by atoms with Crippen LogP contribution in [0.4, 0.5) is 15.8 Å². The highest BCUT2D eigenvalue weighted by molar-refractivity contribution is 6.60. The van der Waals surface area contributed by atoms with Crippen molar-refractivity contribution in [3.05, 3.63) is 64.9 Å². The van der Waals surface area contributed by atoms with Crippen LogP contribution < -0.4 is 9.80 Å². The van der Waals surface area contributed by atoms with Crippen LogP contribution in [-0.2, 0) is 9.59 Å². The van der Waals surface area contributed by atoms with E-state index in [2.05, 4.69) is 16.7 Å². The predicted molar refractivity (Wildman–Crippen MR) is 112 cm³/mol. The molecule has 1 saturated heterocycles. The molecule has 2 aliphatic rings. The van der Waals surface area contributed by atoms with Gasteiger partial charge in [0.15, 0.2) is 0 Å². The lowest BCUT2D eigenvalue weighted by Crippen LogP contribution is -2.46. The van der Waals surface area contributed by atoms with Crippen LogP contribution in [0.1, 0.15) is 12.5 Å². The van der Waals surface area contributed by atoms with Gasteiger partial charge in [-0.25, -0.2) is 9.29 Å². The van der Waals surface area contributed by atoms with Crippen molar-refractivity contribution in [3.63, 3.8) is 0 Å². The van der Waals surface area contributed by atoms with E-state index >= 15 is 0 Å². The molecule has 29 heavy (non-hydrogen) atoms. The summed E-state index contributed by atoms with van der Waals surface area (Å²) in [6.07, 6.45) is 0. The third-order valence-corrected chi connectivity index (χ3v) is 5.80. The third-order valence-electron chi connectivity index (χ3n) is 5.45. The average molecular weight is 414 g/mol. The number of imide groups is 1. The van der Waals surface area contributed by atoms with E-state index in [0.29, 0.717) is 11.3 Å². The largest absolute Gasteiger partial charge is 0.369 e. The summed E-state index contributed by atoms with van der Waals surface area (Å²) >= 11 is 6.18. The van der Waals surface area contributed by atoms with E-state index in [1.54, 1.807) is 12.1 Å². The lowest BCUT2D eigenvalue weighted by molar-refractivity contribution is -0.119. The highest BCUT2D eigenvalue weighted by atomic mass is 35.5. The van der Waals surface area contributed by atoms with E-state index in [-0.39, 0.29) is 10.6 Å². The van der Waals surface area contributed by atoms with Gasteiger partial charge in [0.2, 0.25) is 0 Å². The van der Waals surface area contributed by atoms with Crippen LogP contribution in [0.2, 0.25) is 0 Å². The van der Waals surface area contributed by atoms with Gasteiger partial charge in [-0.05, 0) is 48.5 Å². The number of hydrogen-bond donors (Lipinski definition) is 0. The molecular formula is C22H21ClFN3O2. The number of benzene rings is 2. The van der Waals surface area contributed by atoms with Crippen LogP contribution in [-0.4, -0.2) is 49.4 Å². The number of likely N-dealkylation sites (N-methyl/N-ethyl adjacent to an activating group) is 1. The summed E-state index contributed by atoms with van der Waals surface area (Å²) in [7, 11) is 0. The molecular weight excluding hydrogens is 393 g/mol. The van der Waals surface area contributed by atoms with Gasteiger partial charge in [0.25, 0.3) is 11.8 Å². The summed E-state index contributed by atoms with van der Waals surface area (Å²) in [5, 5.41) is -0.152. The van der Waals surface area contributed by atoms with Gasteiger partial charge in [-0.1, -0.05) is 30.7 Å². The normalized spacial score (nSPS) is 18.2. The van der Waals surface area contributed by atoms with Crippen LogP contribution in [0.5, 0.6) is 0 Å². The van der Waals surface area contributed by atoms with Crippen LogP contribution in [0, 0.1) is 5.82 Å². The molecule has 7 heteroatoms. The molecule has 0 radical (unpaired) electrons. The van der Waals surface area contributed by atoms with E-state index < -0.39 is 17.6 Å². The molecule has 2 heterocycles. The maximum Gasteiger partial charge on any atom is 0.277 e. The van der Waals surface area contributed by atoms with E-state index in [4.69, 9.17) is 11.6 Å². The highest BCUT2D eigenvalue weighted by Gasteiger charge is 2.39. The first-order valence-electron chi connectivity index (χ1n) is 9.61. The zero-order valence-electron chi connectivity index (χ0n) is 16.1. The molecule has 5 nitrogen and oxygen atoms in total. The number of carbonyl (C=O) groups is 2. The maximum atomic E-state index is 13.2. The van der Waals surface area contributed by atoms with E-state index in [0.717, 1.165) is 43.3 Å². The first-order chi connectivity index (χ1) is 14.0. The molecule has 4 rings (SSSR count). The van der Waals surface area contributed by atoms with Crippen LogP contribution in [0.3, 0.4) is 0 Å². The minimum absolute atomic E-state index is 0.0939. The van der Waals surface area contributed by atoms with E-state index in [1.165, 1.54) is 24.3 Å². The summed E-state index contributed by atoms with van der Waals surface area (Å²) in [5.74, 6) is -1.49. The molecule has 2 aliphatic heterocycles. The minimum Gasteiger partial charge on any atom is -0.369 e. The van der Waals surface area contributed by atoms with Gasteiger partial charge >= 0.3 is 0 Å². The van der Waals surface area contributed by atoms with Crippen molar-refractivity contribution in [2.24, 2.45) is 0 Å².